The van der Waals surface area contributed by atoms with Gasteiger partial charge in [-0.25, -0.2) is 0 Å². The second kappa shape index (κ2) is 5.51. The van der Waals surface area contributed by atoms with E-state index in [1.807, 2.05) is 18.7 Å². The minimum absolute atomic E-state index is 0.00764. The summed E-state index contributed by atoms with van der Waals surface area (Å²) in [5, 5.41) is 2.88. The van der Waals surface area contributed by atoms with Gasteiger partial charge in [-0.3, -0.25) is 9.59 Å². The van der Waals surface area contributed by atoms with Crippen molar-refractivity contribution in [1.82, 2.24) is 10.2 Å². The van der Waals surface area contributed by atoms with Crippen LogP contribution in [0.1, 0.15) is 47.0 Å². The molecule has 2 rings (SSSR count). The Morgan fingerprint density at radius 1 is 1.21 bits per heavy atom. The third-order valence-electron chi connectivity index (χ3n) is 4.93. The summed E-state index contributed by atoms with van der Waals surface area (Å²) in [5.74, 6) is 1.47. The van der Waals surface area contributed by atoms with E-state index in [0.29, 0.717) is 30.8 Å². The van der Waals surface area contributed by atoms with Crippen molar-refractivity contribution in [3.63, 3.8) is 0 Å². The van der Waals surface area contributed by atoms with Gasteiger partial charge >= 0.3 is 0 Å². The van der Waals surface area contributed by atoms with E-state index in [0.717, 1.165) is 6.42 Å². The lowest BCUT2D eigenvalue weighted by molar-refractivity contribution is -0.137. The quantitative estimate of drug-likeness (QED) is 0.828. The van der Waals surface area contributed by atoms with Crippen molar-refractivity contribution in [1.29, 1.82) is 0 Å². The molecule has 1 aliphatic carbocycles. The Labute approximate surface area is 115 Å². The average Bonchev–Trinajstić information content (AvgIpc) is 2.58. The van der Waals surface area contributed by atoms with Crippen LogP contribution in [0.3, 0.4) is 0 Å². The Hall–Kier alpha value is -1.06. The Morgan fingerprint density at radius 3 is 2.42 bits per heavy atom. The van der Waals surface area contributed by atoms with Crippen molar-refractivity contribution in [3.05, 3.63) is 0 Å². The van der Waals surface area contributed by atoms with Crippen LogP contribution >= 0.6 is 0 Å². The van der Waals surface area contributed by atoms with Gasteiger partial charge in [0.05, 0.1) is 0 Å². The highest BCUT2D eigenvalue weighted by atomic mass is 16.2. The summed E-state index contributed by atoms with van der Waals surface area (Å²) >= 11 is 0. The number of nitrogens with one attached hydrogen (secondary N) is 1. The van der Waals surface area contributed by atoms with Crippen molar-refractivity contribution in [2.45, 2.75) is 59.0 Å². The predicted molar refractivity (Wildman–Crippen MR) is 74.4 cm³/mol. The van der Waals surface area contributed by atoms with Gasteiger partial charge in [0.25, 0.3) is 0 Å². The van der Waals surface area contributed by atoms with Gasteiger partial charge in [0.1, 0.15) is 6.04 Å². The van der Waals surface area contributed by atoms with E-state index in [1.165, 1.54) is 6.42 Å². The molecule has 0 aromatic heterocycles. The van der Waals surface area contributed by atoms with Crippen LogP contribution in [-0.2, 0) is 9.59 Å². The van der Waals surface area contributed by atoms with Crippen LogP contribution in [0.25, 0.3) is 0 Å². The fourth-order valence-corrected chi connectivity index (χ4v) is 3.38. The smallest absolute Gasteiger partial charge is 0.245 e. The van der Waals surface area contributed by atoms with E-state index in [1.54, 1.807) is 0 Å². The lowest BCUT2D eigenvalue weighted by Crippen LogP contribution is -2.51. The molecule has 4 unspecified atom stereocenters. The molecule has 1 saturated heterocycles. The van der Waals surface area contributed by atoms with Crippen molar-refractivity contribution in [2.75, 3.05) is 6.54 Å². The van der Waals surface area contributed by atoms with Gasteiger partial charge in [0, 0.05) is 19.0 Å². The van der Waals surface area contributed by atoms with Gasteiger partial charge in [-0.15, -0.1) is 0 Å². The highest BCUT2D eigenvalue weighted by molar-refractivity contribution is 5.90. The maximum absolute atomic E-state index is 12.7. The summed E-state index contributed by atoms with van der Waals surface area (Å²) < 4.78 is 0. The van der Waals surface area contributed by atoms with Gasteiger partial charge in [-0.05, 0) is 30.6 Å². The number of hydrogen-bond donors (Lipinski definition) is 1. The minimum atomic E-state index is -0.349. The van der Waals surface area contributed by atoms with Crippen LogP contribution in [0.2, 0.25) is 0 Å². The van der Waals surface area contributed by atoms with Crippen LogP contribution < -0.4 is 5.32 Å². The molecule has 0 spiro atoms. The molecular weight excluding hydrogens is 240 g/mol. The summed E-state index contributed by atoms with van der Waals surface area (Å²) in [6.45, 7) is 9.06. The molecule has 2 amide bonds. The van der Waals surface area contributed by atoms with Gasteiger partial charge in [-0.2, -0.15) is 0 Å². The van der Waals surface area contributed by atoms with Crippen LogP contribution in [0.4, 0.5) is 0 Å². The summed E-state index contributed by atoms with van der Waals surface area (Å²) in [6, 6.07) is -0.0328. The first kappa shape index (κ1) is 14.4. The molecule has 1 aliphatic heterocycles. The number of rotatable bonds is 2. The van der Waals surface area contributed by atoms with Crippen molar-refractivity contribution >= 4 is 11.8 Å². The zero-order valence-electron chi connectivity index (χ0n) is 12.5. The van der Waals surface area contributed by atoms with Gasteiger partial charge in [0.15, 0.2) is 0 Å². The first-order valence-corrected chi connectivity index (χ1v) is 7.51. The predicted octanol–water partition coefficient (Wildman–Crippen LogP) is 1.79. The summed E-state index contributed by atoms with van der Waals surface area (Å²) in [5.41, 5.74) is 0. The standard InChI is InChI=1S/C15H26N2O2/c1-9(2)14-15(19)17(8-7-13(18)16-14)12-6-5-10(3)11(12)4/h9-12,14H,5-8H2,1-4H3,(H,16,18). The molecule has 0 aromatic carbocycles. The lowest BCUT2D eigenvalue weighted by atomic mass is 9.95. The van der Waals surface area contributed by atoms with E-state index >= 15 is 0 Å². The monoisotopic (exact) mass is 266 g/mol. The Kier molecular flexibility index (Phi) is 4.16. The molecular formula is C15H26N2O2. The van der Waals surface area contributed by atoms with Crippen LogP contribution in [0, 0.1) is 17.8 Å². The first-order valence-electron chi connectivity index (χ1n) is 7.51. The van der Waals surface area contributed by atoms with Gasteiger partial charge < -0.3 is 10.2 Å². The second-order valence-electron chi connectivity index (χ2n) is 6.55. The highest BCUT2D eigenvalue weighted by Gasteiger charge is 2.40. The van der Waals surface area contributed by atoms with Crippen molar-refractivity contribution in [3.8, 4) is 0 Å². The van der Waals surface area contributed by atoms with E-state index in [9.17, 15) is 9.59 Å². The third kappa shape index (κ3) is 2.77. The number of carbonyl (C=O) groups excluding carboxylic acids is 2. The number of amides is 2. The van der Waals surface area contributed by atoms with Crippen LogP contribution in [-0.4, -0.2) is 35.3 Å². The first-order chi connectivity index (χ1) is 8.91. The van der Waals surface area contributed by atoms with Gasteiger partial charge in [0.2, 0.25) is 11.8 Å². The van der Waals surface area contributed by atoms with Crippen molar-refractivity contribution < 1.29 is 9.59 Å². The average molecular weight is 266 g/mol. The van der Waals surface area contributed by atoms with E-state index in [4.69, 9.17) is 0 Å². The lowest BCUT2D eigenvalue weighted by Gasteiger charge is -2.34. The zero-order valence-corrected chi connectivity index (χ0v) is 12.5. The second-order valence-corrected chi connectivity index (χ2v) is 6.55. The Balaban J connectivity index is 2.19. The zero-order chi connectivity index (χ0) is 14.2. The van der Waals surface area contributed by atoms with Crippen LogP contribution in [0.5, 0.6) is 0 Å². The van der Waals surface area contributed by atoms with E-state index in [2.05, 4.69) is 19.2 Å². The fourth-order valence-electron chi connectivity index (χ4n) is 3.38. The molecule has 4 nitrogen and oxygen atoms in total. The maximum Gasteiger partial charge on any atom is 0.245 e. The fraction of sp³-hybridized carbons (Fsp3) is 0.867. The van der Waals surface area contributed by atoms with E-state index < -0.39 is 0 Å². The van der Waals surface area contributed by atoms with Crippen LogP contribution in [0.15, 0.2) is 0 Å². The maximum atomic E-state index is 12.7. The van der Waals surface area contributed by atoms with E-state index in [-0.39, 0.29) is 23.8 Å². The molecule has 108 valence electrons. The summed E-state index contributed by atoms with van der Waals surface area (Å²) in [6.07, 6.45) is 2.70. The highest BCUT2D eigenvalue weighted by Crippen LogP contribution is 2.35. The Morgan fingerprint density at radius 2 is 1.89 bits per heavy atom. The molecule has 0 bridgehead atoms. The molecule has 1 saturated carbocycles. The molecule has 0 radical (unpaired) electrons. The molecule has 0 aromatic rings. The molecule has 2 fully saturated rings. The largest absolute Gasteiger partial charge is 0.344 e. The Bertz CT molecular complexity index is 367. The summed E-state index contributed by atoms with van der Waals surface area (Å²) in [7, 11) is 0. The molecule has 4 heteroatoms. The summed E-state index contributed by atoms with van der Waals surface area (Å²) in [4.78, 5) is 26.4. The molecule has 4 atom stereocenters. The topological polar surface area (TPSA) is 49.4 Å². The van der Waals surface area contributed by atoms with Gasteiger partial charge in [-0.1, -0.05) is 27.7 Å². The SMILES string of the molecule is CC(C)C1NC(=O)CCN(C2CCC(C)C2C)C1=O. The number of nitrogens with zero attached hydrogens (tertiary/aromatic N) is 1. The number of hydrogen-bond acceptors (Lipinski definition) is 2. The molecule has 19 heavy (non-hydrogen) atoms. The normalized spacial score (nSPS) is 36.6. The third-order valence-corrected chi connectivity index (χ3v) is 4.93. The number of carbonyl (C=O) groups is 2. The molecule has 1 N–H and O–H groups in total. The minimum Gasteiger partial charge on any atom is -0.344 e. The molecule has 2 aliphatic rings. The van der Waals surface area contributed by atoms with Crippen molar-refractivity contribution in [2.24, 2.45) is 17.8 Å². The molecule has 1 heterocycles.